The van der Waals surface area contributed by atoms with Crippen molar-refractivity contribution in [3.05, 3.63) is 93.6 Å². The van der Waals surface area contributed by atoms with Crippen LogP contribution in [0.15, 0.2) is 48.5 Å². The molecule has 2 aliphatic heterocycles. The van der Waals surface area contributed by atoms with Crippen LogP contribution in [0, 0.1) is 5.82 Å². The molecule has 3 aromatic carbocycles. The summed E-state index contributed by atoms with van der Waals surface area (Å²) in [4.78, 5) is 18.4. The molecule has 1 N–H and O–H groups in total. The number of benzene rings is 3. The maximum Gasteiger partial charge on any atom is 0.419 e. The maximum atomic E-state index is 15.4. The number of fused-ring (bicyclic) bond motifs is 2. The average molecular weight is 624 g/mol. The molecule has 3 aliphatic rings. The number of ether oxygens (including phenoxy) is 2. The predicted molar refractivity (Wildman–Crippen MR) is 158 cm³/mol. The number of hydrogen-bond acceptors (Lipinski definition) is 5. The van der Waals surface area contributed by atoms with Gasteiger partial charge in [-0.2, -0.15) is 13.2 Å². The number of carbonyl (C=O) groups is 1. The van der Waals surface area contributed by atoms with E-state index in [2.05, 4.69) is 9.88 Å². The molecule has 236 valence electrons. The lowest BCUT2D eigenvalue weighted by Gasteiger charge is -2.36. The molecule has 2 atom stereocenters. The Morgan fingerprint density at radius 1 is 1.11 bits per heavy atom. The first-order valence-electron chi connectivity index (χ1n) is 15.3. The van der Waals surface area contributed by atoms with E-state index in [4.69, 9.17) is 9.47 Å². The van der Waals surface area contributed by atoms with Gasteiger partial charge in [-0.1, -0.05) is 24.3 Å². The molecule has 1 aliphatic carbocycles. The fourth-order valence-corrected chi connectivity index (χ4v) is 6.45. The van der Waals surface area contributed by atoms with Crippen molar-refractivity contribution in [2.45, 2.75) is 76.5 Å². The van der Waals surface area contributed by atoms with Gasteiger partial charge in [-0.3, -0.25) is 4.90 Å². The van der Waals surface area contributed by atoms with Crippen molar-refractivity contribution in [1.29, 1.82) is 0 Å². The summed E-state index contributed by atoms with van der Waals surface area (Å²) in [6.45, 7) is 3.61. The van der Waals surface area contributed by atoms with Crippen molar-refractivity contribution in [2.24, 2.45) is 0 Å². The third-order valence-corrected chi connectivity index (χ3v) is 9.32. The van der Waals surface area contributed by atoms with Gasteiger partial charge < -0.3 is 19.1 Å². The van der Waals surface area contributed by atoms with E-state index in [0.717, 1.165) is 17.5 Å². The second-order valence-corrected chi connectivity index (χ2v) is 12.3. The van der Waals surface area contributed by atoms with Gasteiger partial charge in [0.15, 0.2) is 5.82 Å². The summed E-state index contributed by atoms with van der Waals surface area (Å²) >= 11 is 0. The van der Waals surface area contributed by atoms with Crippen LogP contribution < -0.4 is 4.74 Å². The number of imidazole rings is 1. The molecule has 0 unspecified atom stereocenters. The normalized spacial score (nSPS) is 20.2. The van der Waals surface area contributed by atoms with Gasteiger partial charge in [0.2, 0.25) is 0 Å². The van der Waals surface area contributed by atoms with Crippen LogP contribution >= 0.6 is 0 Å². The van der Waals surface area contributed by atoms with Crippen LogP contribution in [-0.2, 0) is 37.0 Å². The maximum absolute atomic E-state index is 15.4. The van der Waals surface area contributed by atoms with Gasteiger partial charge in [-0.05, 0) is 85.0 Å². The van der Waals surface area contributed by atoms with Gasteiger partial charge in [-0.15, -0.1) is 0 Å². The average Bonchev–Trinajstić information content (AvgIpc) is 3.77. The quantitative estimate of drug-likeness (QED) is 0.198. The molecule has 0 radical (unpaired) electrons. The Hall–Kier alpha value is -3.96. The minimum Gasteiger partial charge on any atom is -0.488 e. The molecule has 1 saturated carbocycles. The Balaban J connectivity index is 1.17. The summed E-state index contributed by atoms with van der Waals surface area (Å²) < 4.78 is 71.1. The van der Waals surface area contributed by atoms with Gasteiger partial charge in [0, 0.05) is 19.2 Å². The van der Waals surface area contributed by atoms with Crippen LogP contribution in [0.1, 0.15) is 82.1 Å². The highest BCUT2D eigenvalue weighted by molar-refractivity contribution is 5.93. The van der Waals surface area contributed by atoms with E-state index in [9.17, 15) is 23.1 Å². The van der Waals surface area contributed by atoms with E-state index in [1.54, 1.807) is 4.57 Å². The van der Waals surface area contributed by atoms with Gasteiger partial charge in [0.05, 0.1) is 35.8 Å². The molecular formula is C34H33F4N3O4. The van der Waals surface area contributed by atoms with E-state index in [1.807, 2.05) is 31.2 Å². The summed E-state index contributed by atoms with van der Waals surface area (Å²) in [5.74, 6) is -1.30. The van der Waals surface area contributed by atoms with Gasteiger partial charge in [0.1, 0.15) is 23.7 Å². The number of aromatic nitrogens is 2. The number of halogens is 4. The molecule has 45 heavy (non-hydrogen) atoms. The highest BCUT2D eigenvalue weighted by Crippen LogP contribution is 2.43. The lowest BCUT2D eigenvalue weighted by molar-refractivity contribution is -0.139. The summed E-state index contributed by atoms with van der Waals surface area (Å²) in [6, 6.07) is 13.0. The number of alkyl halides is 3. The smallest absolute Gasteiger partial charge is 0.419 e. The van der Waals surface area contributed by atoms with E-state index in [0.29, 0.717) is 48.9 Å². The summed E-state index contributed by atoms with van der Waals surface area (Å²) in [5.41, 5.74) is 2.62. The topological polar surface area (TPSA) is 76.8 Å². The zero-order valence-electron chi connectivity index (χ0n) is 24.7. The minimum atomic E-state index is -4.58. The Morgan fingerprint density at radius 3 is 2.51 bits per heavy atom. The van der Waals surface area contributed by atoms with Crippen molar-refractivity contribution < 1.29 is 36.9 Å². The van der Waals surface area contributed by atoms with E-state index in [-0.39, 0.29) is 36.6 Å². The Labute approximate surface area is 257 Å². The lowest BCUT2D eigenvalue weighted by Crippen LogP contribution is -2.36. The third-order valence-electron chi connectivity index (χ3n) is 9.32. The Bertz CT molecular complexity index is 1760. The minimum absolute atomic E-state index is 0.0159. The van der Waals surface area contributed by atoms with Crippen LogP contribution in [0.2, 0.25) is 0 Å². The van der Waals surface area contributed by atoms with Crippen LogP contribution in [0.4, 0.5) is 17.6 Å². The van der Waals surface area contributed by atoms with E-state index in [1.165, 1.54) is 42.7 Å². The summed E-state index contributed by atoms with van der Waals surface area (Å²) in [7, 11) is 0. The van der Waals surface area contributed by atoms with E-state index >= 15 is 4.39 Å². The first-order chi connectivity index (χ1) is 21.6. The zero-order chi connectivity index (χ0) is 31.5. The molecule has 2 fully saturated rings. The predicted octanol–water partition coefficient (Wildman–Crippen LogP) is 7.26. The van der Waals surface area contributed by atoms with Crippen molar-refractivity contribution in [2.75, 3.05) is 13.2 Å². The van der Waals surface area contributed by atoms with Crippen molar-refractivity contribution >= 4 is 17.0 Å². The first kappa shape index (κ1) is 29.7. The van der Waals surface area contributed by atoms with Crippen molar-refractivity contribution in [1.82, 2.24) is 14.5 Å². The molecule has 1 aromatic heterocycles. The second kappa shape index (κ2) is 11.4. The molecule has 4 aromatic rings. The zero-order valence-corrected chi connectivity index (χ0v) is 24.7. The SMILES string of the molecule is C[C@H]1c2cc(OCc3ccc(C4CC4)cc3)c(C(F)(F)F)cc2CCN1Cc1nc2ccc(C(=O)O)c(F)c2n1C[C@@H]1CCO1. The van der Waals surface area contributed by atoms with Gasteiger partial charge in [0.25, 0.3) is 0 Å². The fourth-order valence-electron chi connectivity index (χ4n) is 6.45. The molecule has 0 spiro atoms. The number of carboxylic acid groups (broad SMARTS) is 1. The Morgan fingerprint density at radius 2 is 1.87 bits per heavy atom. The molecule has 7 nitrogen and oxygen atoms in total. The van der Waals surface area contributed by atoms with Crippen molar-refractivity contribution in [3.8, 4) is 5.75 Å². The molecule has 11 heteroatoms. The first-order valence-corrected chi connectivity index (χ1v) is 15.3. The molecule has 3 heterocycles. The fraction of sp³-hybridized carbons (Fsp3) is 0.412. The van der Waals surface area contributed by atoms with Crippen LogP contribution in [0.5, 0.6) is 5.75 Å². The molecular weight excluding hydrogens is 590 g/mol. The van der Waals surface area contributed by atoms with Gasteiger partial charge >= 0.3 is 12.1 Å². The number of hydrogen-bond donors (Lipinski definition) is 1. The largest absolute Gasteiger partial charge is 0.488 e. The van der Waals surface area contributed by atoms with Crippen LogP contribution in [0.25, 0.3) is 11.0 Å². The summed E-state index contributed by atoms with van der Waals surface area (Å²) in [5, 5.41) is 9.50. The van der Waals surface area contributed by atoms with Crippen LogP contribution in [0.3, 0.4) is 0 Å². The number of aromatic carboxylic acids is 1. The molecule has 1 saturated heterocycles. The Kier molecular flexibility index (Phi) is 7.56. The van der Waals surface area contributed by atoms with E-state index < -0.39 is 29.1 Å². The highest BCUT2D eigenvalue weighted by atomic mass is 19.4. The molecule has 7 rings (SSSR count). The van der Waals surface area contributed by atoms with Crippen molar-refractivity contribution in [3.63, 3.8) is 0 Å². The molecule has 0 bridgehead atoms. The molecule has 0 amide bonds. The number of carboxylic acids is 1. The standard InChI is InChI=1S/C34H33F4N3O4/c1-19-26-15-29(45-18-20-2-4-21(5-3-20)22-6-7-22)27(34(36,37)38)14-23(26)10-12-40(19)17-30-39-28-9-8-25(33(42)43)31(35)32(28)41(30)16-24-11-13-44-24/h2-5,8-9,14-15,19,22,24H,6-7,10-13,16-18H2,1H3,(H,42,43)/t19-,24-/m0/s1. The third kappa shape index (κ3) is 5.79. The van der Waals surface area contributed by atoms with Gasteiger partial charge in [-0.25, -0.2) is 14.2 Å². The monoisotopic (exact) mass is 623 g/mol. The highest BCUT2D eigenvalue weighted by Gasteiger charge is 2.37. The van der Waals surface area contributed by atoms with Crippen LogP contribution in [-0.4, -0.2) is 44.8 Å². The number of rotatable bonds is 9. The lowest BCUT2D eigenvalue weighted by atomic mass is 9.91. The second-order valence-electron chi connectivity index (χ2n) is 12.3. The summed E-state index contributed by atoms with van der Waals surface area (Å²) in [6.07, 6.45) is -1.19. The number of nitrogens with zero attached hydrogens (tertiary/aromatic N) is 3.